The molecule has 0 bridgehead atoms. The molecule has 0 saturated heterocycles. The first-order valence-electron chi connectivity index (χ1n) is 18.7. The number of aryl methyl sites for hydroxylation is 7. The van der Waals surface area contributed by atoms with Gasteiger partial charge in [0.25, 0.3) is 0 Å². The maximum Gasteiger partial charge on any atom is 0.243 e. The second kappa shape index (κ2) is 17.4. The number of hydrogen-bond donors (Lipinski definition) is 0. The van der Waals surface area contributed by atoms with Gasteiger partial charge >= 0.3 is 0 Å². The lowest BCUT2D eigenvalue weighted by Crippen LogP contribution is -2.51. The van der Waals surface area contributed by atoms with Gasteiger partial charge in [-0.2, -0.15) is 0 Å². The lowest BCUT2D eigenvalue weighted by atomic mass is 9.37. The summed E-state index contributed by atoms with van der Waals surface area (Å²) in [4.78, 5) is 0. The van der Waals surface area contributed by atoms with E-state index in [1.54, 1.807) is 11.1 Å². The SMILES string of the molecule is CCCCCCCCCCc1cc2c(cc1C)B(c1c(C)cc(C)cc1C)c1cc(C)c(CCCCCCCCCC)cc1-2. The summed E-state index contributed by atoms with van der Waals surface area (Å²) in [5.41, 5.74) is 18.0. The van der Waals surface area contributed by atoms with Crippen LogP contribution in [0.4, 0.5) is 0 Å². The topological polar surface area (TPSA) is 0 Å². The predicted molar refractivity (Wildman–Crippen MR) is 199 cm³/mol. The summed E-state index contributed by atoms with van der Waals surface area (Å²) < 4.78 is 0. The lowest BCUT2D eigenvalue weighted by molar-refractivity contribution is 0.575. The molecule has 1 aliphatic heterocycles. The molecular weight excluding hydrogens is 527 g/mol. The van der Waals surface area contributed by atoms with Crippen LogP contribution >= 0.6 is 0 Å². The summed E-state index contributed by atoms with van der Waals surface area (Å²) >= 11 is 0. The Morgan fingerprint density at radius 3 is 1.16 bits per heavy atom. The molecular formula is C43H63B. The van der Waals surface area contributed by atoms with Crippen LogP contribution in [0, 0.1) is 34.6 Å². The van der Waals surface area contributed by atoms with Crippen molar-refractivity contribution in [1.82, 2.24) is 0 Å². The second-order valence-corrected chi connectivity index (χ2v) is 14.4. The van der Waals surface area contributed by atoms with E-state index in [0.29, 0.717) is 6.71 Å². The zero-order valence-corrected chi connectivity index (χ0v) is 29.8. The summed E-state index contributed by atoms with van der Waals surface area (Å²) in [6, 6.07) is 15.2. The van der Waals surface area contributed by atoms with E-state index in [1.165, 1.54) is 171 Å². The molecule has 1 heteroatoms. The third-order valence-electron chi connectivity index (χ3n) is 10.6. The molecule has 0 amide bonds. The van der Waals surface area contributed by atoms with E-state index < -0.39 is 0 Å². The molecule has 0 unspecified atom stereocenters. The van der Waals surface area contributed by atoms with Gasteiger partial charge in [-0.05, 0) is 93.7 Å². The highest BCUT2D eigenvalue weighted by molar-refractivity contribution is 6.99. The van der Waals surface area contributed by atoms with Crippen LogP contribution in [0.5, 0.6) is 0 Å². The predicted octanol–water partition coefficient (Wildman–Crippen LogP) is 11.1. The van der Waals surface area contributed by atoms with Gasteiger partial charge < -0.3 is 0 Å². The summed E-state index contributed by atoms with van der Waals surface area (Å²) in [7, 11) is 0. The molecule has 238 valence electrons. The Morgan fingerprint density at radius 1 is 0.409 bits per heavy atom. The molecule has 3 aromatic carbocycles. The van der Waals surface area contributed by atoms with Crippen LogP contribution in [0.15, 0.2) is 36.4 Å². The average Bonchev–Trinajstić information content (AvgIpc) is 3.26. The van der Waals surface area contributed by atoms with Crippen LogP contribution in [0.1, 0.15) is 156 Å². The van der Waals surface area contributed by atoms with Crippen LogP contribution in [-0.4, -0.2) is 6.71 Å². The Balaban J connectivity index is 1.57. The Bertz CT molecular complexity index is 1250. The van der Waals surface area contributed by atoms with E-state index in [4.69, 9.17) is 0 Å². The van der Waals surface area contributed by atoms with Crippen molar-refractivity contribution in [3.8, 4) is 11.1 Å². The van der Waals surface area contributed by atoms with Gasteiger partial charge in [-0.25, -0.2) is 0 Å². The Labute approximate surface area is 272 Å². The Kier molecular flexibility index (Phi) is 13.7. The van der Waals surface area contributed by atoms with Gasteiger partial charge in [0.1, 0.15) is 0 Å². The quantitative estimate of drug-likeness (QED) is 0.0753. The van der Waals surface area contributed by atoms with Crippen LogP contribution in [0.2, 0.25) is 0 Å². The molecule has 0 fully saturated rings. The minimum atomic E-state index is 0.340. The maximum atomic E-state index is 2.61. The highest BCUT2D eigenvalue weighted by Crippen LogP contribution is 2.30. The highest BCUT2D eigenvalue weighted by Gasteiger charge is 2.36. The van der Waals surface area contributed by atoms with E-state index in [1.807, 2.05) is 0 Å². The molecule has 0 aliphatic carbocycles. The first-order chi connectivity index (χ1) is 21.3. The lowest BCUT2D eigenvalue weighted by Gasteiger charge is -2.19. The zero-order chi connectivity index (χ0) is 31.5. The fourth-order valence-corrected chi connectivity index (χ4v) is 8.06. The van der Waals surface area contributed by atoms with Crippen molar-refractivity contribution in [2.75, 3.05) is 0 Å². The monoisotopic (exact) mass is 591 g/mol. The third-order valence-corrected chi connectivity index (χ3v) is 10.6. The van der Waals surface area contributed by atoms with Gasteiger partial charge in [-0.15, -0.1) is 0 Å². The molecule has 0 saturated carbocycles. The van der Waals surface area contributed by atoms with E-state index in [-0.39, 0.29) is 0 Å². The van der Waals surface area contributed by atoms with Crippen LogP contribution < -0.4 is 16.4 Å². The molecule has 0 nitrogen and oxygen atoms in total. The van der Waals surface area contributed by atoms with E-state index >= 15 is 0 Å². The Morgan fingerprint density at radius 2 is 0.773 bits per heavy atom. The minimum absolute atomic E-state index is 0.340. The molecule has 4 rings (SSSR count). The van der Waals surface area contributed by atoms with Crippen molar-refractivity contribution in [1.29, 1.82) is 0 Å². The number of hydrogen-bond acceptors (Lipinski definition) is 0. The van der Waals surface area contributed by atoms with Crippen molar-refractivity contribution >= 4 is 23.1 Å². The molecule has 44 heavy (non-hydrogen) atoms. The third kappa shape index (κ3) is 8.92. The van der Waals surface area contributed by atoms with Crippen LogP contribution in [0.3, 0.4) is 0 Å². The van der Waals surface area contributed by atoms with E-state index in [0.717, 1.165) is 0 Å². The van der Waals surface area contributed by atoms with Crippen molar-refractivity contribution in [3.63, 3.8) is 0 Å². The second-order valence-electron chi connectivity index (χ2n) is 14.4. The zero-order valence-electron chi connectivity index (χ0n) is 29.8. The molecule has 0 aromatic heterocycles. The average molecular weight is 591 g/mol. The molecule has 1 heterocycles. The standard InChI is InChI=1S/C43H63B/c1-8-10-12-14-16-18-20-22-24-37-30-39-40-31-38(25-23-21-19-17-15-13-11-9-2)34(5)29-42(40)44(41(39)28-33(37)4)43-35(6)26-32(3)27-36(43)7/h26-31H,8-25H2,1-7H3. The number of benzene rings is 3. The molecule has 0 spiro atoms. The van der Waals surface area contributed by atoms with Gasteiger partial charge in [0, 0.05) is 0 Å². The fraction of sp³-hybridized carbons (Fsp3) is 0.581. The minimum Gasteiger partial charge on any atom is -0.0654 e. The van der Waals surface area contributed by atoms with E-state index in [9.17, 15) is 0 Å². The smallest absolute Gasteiger partial charge is 0.0654 e. The van der Waals surface area contributed by atoms with Crippen molar-refractivity contribution in [2.24, 2.45) is 0 Å². The van der Waals surface area contributed by atoms with Gasteiger partial charge in [0.05, 0.1) is 0 Å². The van der Waals surface area contributed by atoms with Crippen molar-refractivity contribution < 1.29 is 0 Å². The summed E-state index contributed by atoms with van der Waals surface area (Å²) in [6.45, 7) is 16.6. The molecule has 0 N–H and O–H groups in total. The first-order valence-corrected chi connectivity index (χ1v) is 18.7. The van der Waals surface area contributed by atoms with E-state index in [2.05, 4.69) is 84.9 Å². The molecule has 1 aliphatic rings. The van der Waals surface area contributed by atoms with Gasteiger partial charge in [0.15, 0.2) is 0 Å². The number of unbranched alkanes of at least 4 members (excludes halogenated alkanes) is 14. The normalized spacial score (nSPS) is 12.2. The van der Waals surface area contributed by atoms with Crippen LogP contribution in [-0.2, 0) is 12.8 Å². The highest BCUT2D eigenvalue weighted by atomic mass is 14.2. The maximum absolute atomic E-state index is 2.61. The first kappa shape index (κ1) is 34.6. The molecule has 3 aromatic rings. The van der Waals surface area contributed by atoms with Gasteiger partial charge in [-0.1, -0.05) is 173 Å². The molecule has 0 atom stereocenters. The summed E-state index contributed by atoms with van der Waals surface area (Å²) in [5, 5.41) is 0. The van der Waals surface area contributed by atoms with Crippen molar-refractivity contribution in [2.45, 2.75) is 164 Å². The Hall–Kier alpha value is -2.28. The number of rotatable bonds is 19. The molecule has 0 radical (unpaired) electrons. The summed E-state index contributed by atoms with van der Waals surface area (Å²) in [5.74, 6) is 0. The number of fused-ring (bicyclic) bond motifs is 3. The summed E-state index contributed by atoms with van der Waals surface area (Å²) in [6.07, 6.45) is 24.6. The fourth-order valence-electron chi connectivity index (χ4n) is 8.06. The van der Waals surface area contributed by atoms with Gasteiger partial charge in [0.2, 0.25) is 6.71 Å². The largest absolute Gasteiger partial charge is 0.243 e. The van der Waals surface area contributed by atoms with Gasteiger partial charge in [-0.3, -0.25) is 0 Å². The van der Waals surface area contributed by atoms with Crippen molar-refractivity contribution in [3.05, 3.63) is 75.3 Å². The van der Waals surface area contributed by atoms with Crippen LogP contribution in [0.25, 0.3) is 11.1 Å².